The van der Waals surface area contributed by atoms with Crippen molar-refractivity contribution < 1.29 is 9.53 Å². The van der Waals surface area contributed by atoms with E-state index in [4.69, 9.17) is 4.74 Å². The number of allylic oxidation sites excluding steroid dienone is 5. The molecule has 0 unspecified atom stereocenters. The van der Waals surface area contributed by atoms with E-state index in [1.807, 2.05) is 36.4 Å². The number of hydrogen-bond donors (Lipinski definition) is 0. The Bertz CT molecular complexity index is 545. The fourth-order valence-corrected chi connectivity index (χ4v) is 2.06. The quantitative estimate of drug-likeness (QED) is 0.763. The van der Waals surface area contributed by atoms with Crippen LogP contribution in [-0.4, -0.2) is 12.9 Å². The van der Waals surface area contributed by atoms with E-state index in [0.717, 1.165) is 24.2 Å². The lowest BCUT2D eigenvalue weighted by Crippen LogP contribution is -1.95. The minimum absolute atomic E-state index is 0.104. The number of methoxy groups -OCH3 is 1. The van der Waals surface area contributed by atoms with Crippen molar-refractivity contribution in [3.63, 3.8) is 0 Å². The molecule has 1 aromatic rings. The first-order valence-electron chi connectivity index (χ1n) is 6.39. The van der Waals surface area contributed by atoms with Crippen LogP contribution in [0.5, 0.6) is 0 Å². The van der Waals surface area contributed by atoms with E-state index in [2.05, 4.69) is 12.2 Å². The molecule has 0 aliphatic heterocycles. The number of ketones is 1. The molecule has 2 nitrogen and oxygen atoms in total. The number of rotatable bonds is 4. The molecule has 0 N–H and O–H groups in total. The molecule has 2 heteroatoms. The van der Waals surface area contributed by atoms with Gasteiger partial charge in [-0.25, -0.2) is 0 Å². The van der Waals surface area contributed by atoms with Gasteiger partial charge in [0.1, 0.15) is 5.76 Å². The molecule has 0 heterocycles. The van der Waals surface area contributed by atoms with E-state index >= 15 is 0 Å². The highest BCUT2D eigenvalue weighted by Crippen LogP contribution is 2.18. The Morgan fingerprint density at radius 2 is 2.00 bits per heavy atom. The number of hydrogen-bond acceptors (Lipinski definition) is 2. The molecule has 0 fully saturated rings. The molecule has 0 saturated heterocycles. The zero-order valence-corrected chi connectivity index (χ0v) is 11.3. The number of ether oxygens (including phenoxy) is 1. The van der Waals surface area contributed by atoms with Gasteiger partial charge in [-0.1, -0.05) is 42.0 Å². The van der Waals surface area contributed by atoms with E-state index in [1.54, 1.807) is 14.0 Å². The highest BCUT2D eigenvalue weighted by Gasteiger charge is 2.04. The number of Topliss-reactive ketones (excluding diaryl/α,β-unsaturated/α-hetero) is 1. The molecular formula is C17H18O2. The second-order valence-electron chi connectivity index (χ2n) is 4.64. The Hall–Kier alpha value is -2.09. The molecule has 0 saturated carbocycles. The smallest absolute Gasteiger partial charge is 0.159 e. The van der Waals surface area contributed by atoms with Crippen molar-refractivity contribution in [2.45, 2.75) is 19.8 Å². The largest absolute Gasteiger partial charge is 0.497 e. The summed E-state index contributed by atoms with van der Waals surface area (Å²) < 4.78 is 5.28. The minimum atomic E-state index is 0.104. The summed E-state index contributed by atoms with van der Waals surface area (Å²) in [5, 5.41) is 0. The Balaban J connectivity index is 2.12. The van der Waals surface area contributed by atoms with Crippen molar-refractivity contribution in [2.75, 3.05) is 7.11 Å². The molecule has 19 heavy (non-hydrogen) atoms. The van der Waals surface area contributed by atoms with E-state index < -0.39 is 0 Å². The van der Waals surface area contributed by atoms with Crippen molar-refractivity contribution >= 4 is 5.78 Å². The van der Waals surface area contributed by atoms with Gasteiger partial charge >= 0.3 is 0 Å². The van der Waals surface area contributed by atoms with Crippen molar-refractivity contribution in [1.82, 2.24) is 0 Å². The van der Waals surface area contributed by atoms with Crippen LogP contribution in [-0.2, 0) is 11.2 Å². The van der Waals surface area contributed by atoms with Gasteiger partial charge in [-0.15, -0.1) is 0 Å². The number of carbonyl (C=O) groups is 1. The maximum Gasteiger partial charge on any atom is 0.159 e. The highest BCUT2D eigenvalue weighted by molar-refractivity contribution is 5.94. The molecule has 0 radical (unpaired) electrons. The first-order valence-corrected chi connectivity index (χ1v) is 6.39. The van der Waals surface area contributed by atoms with Gasteiger partial charge in [0, 0.05) is 5.56 Å². The molecule has 2 rings (SSSR count). The molecule has 0 amide bonds. The van der Waals surface area contributed by atoms with Crippen LogP contribution in [0.2, 0.25) is 0 Å². The van der Waals surface area contributed by atoms with Crippen molar-refractivity contribution in [3.8, 4) is 0 Å². The van der Waals surface area contributed by atoms with Crippen LogP contribution in [0.15, 0.2) is 59.9 Å². The van der Waals surface area contributed by atoms with Crippen molar-refractivity contribution in [2.24, 2.45) is 0 Å². The number of carbonyl (C=O) groups excluding carboxylic acids is 1. The average molecular weight is 254 g/mol. The summed E-state index contributed by atoms with van der Waals surface area (Å²) in [5.41, 5.74) is 3.27. The van der Waals surface area contributed by atoms with Crippen molar-refractivity contribution in [1.29, 1.82) is 0 Å². The second-order valence-corrected chi connectivity index (χ2v) is 4.64. The Labute approximate surface area is 114 Å². The van der Waals surface area contributed by atoms with Crippen LogP contribution in [0.25, 0.3) is 0 Å². The molecule has 0 aromatic heterocycles. The first kappa shape index (κ1) is 13.3. The molecule has 0 spiro atoms. The summed E-state index contributed by atoms with van der Waals surface area (Å²) in [6.45, 7) is 1.59. The van der Waals surface area contributed by atoms with Crippen molar-refractivity contribution in [3.05, 3.63) is 71.0 Å². The monoisotopic (exact) mass is 254 g/mol. The van der Waals surface area contributed by atoms with Gasteiger partial charge in [-0.05, 0) is 37.5 Å². The van der Waals surface area contributed by atoms with Gasteiger partial charge in [0.15, 0.2) is 5.78 Å². The maximum atomic E-state index is 11.2. The third kappa shape index (κ3) is 3.68. The lowest BCUT2D eigenvalue weighted by Gasteiger charge is -2.06. The van der Waals surface area contributed by atoms with Gasteiger partial charge in [0.2, 0.25) is 0 Å². The topological polar surface area (TPSA) is 26.3 Å². The van der Waals surface area contributed by atoms with Crippen LogP contribution in [0.3, 0.4) is 0 Å². The Morgan fingerprint density at radius 1 is 1.26 bits per heavy atom. The normalized spacial score (nSPS) is 14.4. The predicted molar refractivity (Wildman–Crippen MR) is 77.1 cm³/mol. The summed E-state index contributed by atoms with van der Waals surface area (Å²) in [4.78, 5) is 11.2. The third-order valence-corrected chi connectivity index (χ3v) is 3.15. The molecular weight excluding hydrogens is 236 g/mol. The first-order chi connectivity index (χ1) is 9.19. The van der Waals surface area contributed by atoms with Crippen LogP contribution in [0.4, 0.5) is 0 Å². The van der Waals surface area contributed by atoms with E-state index in [-0.39, 0.29) is 5.78 Å². The fourth-order valence-electron chi connectivity index (χ4n) is 2.06. The Morgan fingerprint density at radius 3 is 2.63 bits per heavy atom. The summed E-state index contributed by atoms with van der Waals surface area (Å²) in [6.07, 6.45) is 9.99. The lowest BCUT2D eigenvalue weighted by atomic mass is 10.0. The molecule has 0 bridgehead atoms. The summed E-state index contributed by atoms with van der Waals surface area (Å²) in [6, 6.07) is 7.81. The van der Waals surface area contributed by atoms with E-state index in [9.17, 15) is 4.79 Å². The molecule has 1 aliphatic rings. The lowest BCUT2D eigenvalue weighted by molar-refractivity contribution is 0.101. The minimum Gasteiger partial charge on any atom is -0.497 e. The Kier molecular flexibility index (Phi) is 4.35. The summed E-state index contributed by atoms with van der Waals surface area (Å²) in [5.74, 6) is 0.983. The maximum absolute atomic E-state index is 11.2. The van der Waals surface area contributed by atoms with Crippen LogP contribution < -0.4 is 0 Å². The third-order valence-electron chi connectivity index (χ3n) is 3.15. The van der Waals surface area contributed by atoms with E-state index in [0.29, 0.717) is 0 Å². The van der Waals surface area contributed by atoms with Gasteiger partial charge < -0.3 is 4.74 Å². The number of benzene rings is 1. The van der Waals surface area contributed by atoms with Gasteiger partial charge in [-0.3, -0.25) is 4.79 Å². The molecule has 1 aromatic carbocycles. The standard InChI is InChI=1S/C17H18O2/c1-13(18)16-9-7-14(8-10-16)11-15-5-3-4-6-17(12-15)19-2/h3-4,6-10,12H,5,11H2,1-2H3. The second kappa shape index (κ2) is 6.19. The molecule has 1 aliphatic carbocycles. The van der Waals surface area contributed by atoms with E-state index in [1.165, 1.54) is 11.1 Å². The zero-order valence-electron chi connectivity index (χ0n) is 11.3. The van der Waals surface area contributed by atoms with Gasteiger partial charge in [-0.2, -0.15) is 0 Å². The van der Waals surface area contributed by atoms with Crippen LogP contribution in [0.1, 0.15) is 29.3 Å². The summed E-state index contributed by atoms with van der Waals surface area (Å²) >= 11 is 0. The molecule has 0 atom stereocenters. The van der Waals surface area contributed by atoms with Gasteiger partial charge in [0.05, 0.1) is 7.11 Å². The molecule has 98 valence electrons. The van der Waals surface area contributed by atoms with Gasteiger partial charge in [0.25, 0.3) is 0 Å². The highest BCUT2D eigenvalue weighted by atomic mass is 16.5. The fraction of sp³-hybridized carbons (Fsp3) is 0.235. The average Bonchev–Trinajstić information content (AvgIpc) is 2.64. The van der Waals surface area contributed by atoms with Crippen LogP contribution in [0, 0.1) is 0 Å². The zero-order chi connectivity index (χ0) is 13.7. The SMILES string of the molecule is COC1=CC=CCC(Cc2ccc(C(C)=O)cc2)=C1. The summed E-state index contributed by atoms with van der Waals surface area (Å²) in [7, 11) is 1.68. The predicted octanol–water partition coefficient (Wildman–Crippen LogP) is 3.85. The van der Waals surface area contributed by atoms with Crippen LogP contribution >= 0.6 is 0 Å².